The quantitative estimate of drug-likeness (QED) is 0.617. The van der Waals surface area contributed by atoms with E-state index in [1.807, 2.05) is 12.1 Å². The summed E-state index contributed by atoms with van der Waals surface area (Å²) in [6.07, 6.45) is 0. The van der Waals surface area contributed by atoms with Gasteiger partial charge in [-0.25, -0.2) is 4.79 Å². The van der Waals surface area contributed by atoms with Crippen LogP contribution in [0.5, 0.6) is 5.75 Å². The normalized spacial score (nSPS) is 10.0. The smallest absolute Gasteiger partial charge is 0.338 e. The van der Waals surface area contributed by atoms with E-state index in [4.69, 9.17) is 9.47 Å². The van der Waals surface area contributed by atoms with Crippen molar-refractivity contribution in [2.24, 2.45) is 0 Å². The minimum Gasteiger partial charge on any atom is -0.452 e. The number of esters is 2. The van der Waals surface area contributed by atoms with Gasteiger partial charge in [0.25, 0.3) is 5.91 Å². The molecular weight excluding hydrogens is 322 g/mol. The minimum atomic E-state index is -0.549. The molecule has 0 aliphatic heterocycles. The molecule has 0 saturated heterocycles. The predicted molar refractivity (Wildman–Crippen MR) is 92.2 cm³/mol. The van der Waals surface area contributed by atoms with Crippen molar-refractivity contribution >= 4 is 17.8 Å². The largest absolute Gasteiger partial charge is 0.452 e. The highest BCUT2D eigenvalue weighted by atomic mass is 16.5. The van der Waals surface area contributed by atoms with E-state index in [0.717, 1.165) is 11.1 Å². The van der Waals surface area contributed by atoms with Crippen molar-refractivity contribution in [2.75, 3.05) is 20.7 Å². The Hall–Kier alpha value is -3.15. The van der Waals surface area contributed by atoms with E-state index in [9.17, 15) is 14.4 Å². The van der Waals surface area contributed by atoms with Gasteiger partial charge >= 0.3 is 11.9 Å². The molecule has 2 aromatic rings. The fraction of sp³-hybridized carbons (Fsp3) is 0.211. The van der Waals surface area contributed by atoms with E-state index >= 15 is 0 Å². The molecule has 2 aromatic carbocycles. The van der Waals surface area contributed by atoms with Crippen molar-refractivity contribution in [3.05, 3.63) is 54.1 Å². The molecule has 0 saturated carbocycles. The molecule has 0 radical (unpaired) electrons. The number of ether oxygens (including phenoxy) is 2. The molecule has 2 rings (SSSR count). The average Bonchev–Trinajstić information content (AvgIpc) is 2.59. The molecule has 6 heteroatoms. The molecule has 0 N–H and O–H groups in total. The average molecular weight is 341 g/mol. The molecule has 0 bridgehead atoms. The number of amides is 1. The topological polar surface area (TPSA) is 72.9 Å². The van der Waals surface area contributed by atoms with Crippen LogP contribution in [0.25, 0.3) is 11.1 Å². The number of rotatable bonds is 5. The maximum absolute atomic E-state index is 11.9. The summed E-state index contributed by atoms with van der Waals surface area (Å²) in [5, 5.41) is 0. The second-order valence-corrected chi connectivity index (χ2v) is 5.56. The van der Waals surface area contributed by atoms with E-state index in [2.05, 4.69) is 0 Å². The summed E-state index contributed by atoms with van der Waals surface area (Å²) in [5.74, 6) is -0.727. The monoisotopic (exact) mass is 341 g/mol. The molecule has 6 nitrogen and oxygen atoms in total. The van der Waals surface area contributed by atoms with Gasteiger partial charge in [0.1, 0.15) is 5.75 Å². The van der Waals surface area contributed by atoms with Crippen LogP contribution in [0.2, 0.25) is 0 Å². The van der Waals surface area contributed by atoms with Crippen LogP contribution < -0.4 is 4.74 Å². The molecule has 1 amide bonds. The van der Waals surface area contributed by atoms with Crippen LogP contribution in [-0.4, -0.2) is 43.4 Å². The molecule has 0 aliphatic carbocycles. The number of likely N-dealkylation sites (N-methyl/N-ethyl adjacent to an activating group) is 1. The molecule has 25 heavy (non-hydrogen) atoms. The first kappa shape index (κ1) is 18.2. The number of carbonyl (C=O) groups is 3. The molecule has 0 aromatic heterocycles. The number of carbonyl (C=O) groups excluding carboxylic acids is 3. The fourth-order valence-electron chi connectivity index (χ4n) is 2.02. The van der Waals surface area contributed by atoms with Gasteiger partial charge in [-0.15, -0.1) is 0 Å². The van der Waals surface area contributed by atoms with Crippen LogP contribution in [0.15, 0.2) is 48.5 Å². The Morgan fingerprint density at radius 3 is 1.88 bits per heavy atom. The van der Waals surface area contributed by atoms with Crippen LogP contribution in [0.1, 0.15) is 17.3 Å². The molecule has 0 fully saturated rings. The summed E-state index contributed by atoms with van der Waals surface area (Å²) < 4.78 is 9.96. The summed E-state index contributed by atoms with van der Waals surface area (Å²) in [5.41, 5.74) is 2.18. The molecule has 0 atom stereocenters. The zero-order valence-electron chi connectivity index (χ0n) is 14.3. The third kappa shape index (κ3) is 5.17. The van der Waals surface area contributed by atoms with Gasteiger partial charge in [0, 0.05) is 21.0 Å². The lowest BCUT2D eigenvalue weighted by molar-refractivity contribution is -0.132. The zero-order chi connectivity index (χ0) is 18.4. The van der Waals surface area contributed by atoms with Gasteiger partial charge in [-0.3, -0.25) is 9.59 Å². The SMILES string of the molecule is CC(=O)Oc1ccc(-c2ccc(C(=O)OCC(=O)N(C)C)cc2)cc1. The maximum atomic E-state index is 11.9. The molecule has 0 unspecified atom stereocenters. The number of hydrogen-bond acceptors (Lipinski definition) is 5. The molecule has 130 valence electrons. The Kier molecular flexibility index (Phi) is 5.89. The van der Waals surface area contributed by atoms with Crippen molar-refractivity contribution < 1.29 is 23.9 Å². The Morgan fingerprint density at radius 2 is 1.40 bits per heavy atom. The zero-order valence-corrected chi connectivity index (χ0v) is 14.3. The van der Waals surface area contributed by atoms with E-state index in [-0.39, 0.29) is 18.5 Å². The first-order chi connectivity index (χ1) is 11.9. The summed E-state index contributed by atoms with van der Waals surface area (Å²) in [6.45, 7) is 1.06. The van der Waals surface area contributed by atoms with Crippen molar-refractivity contribution in [1.82, 2.24) is 4.90 Å². The first-order valence-corrected chi connectivity index (χ1v) is 7.63. The van der Waals surface area contributed by atoms with Crippen molar-refractivity contribution in [2.45, 2.75) is 6.92 Å². The van der Waals surface area contributed by atoms with Gasteiger partial charge < -0.3 is 14.4 Å². The van der Waals surface area contributed by atoms with E-state index < -0.39 is 5.97 Å². The van der Waals surface area contributed by atoms with Crippen LogP contribution in [0.3, 0.4) is 0 Å². The Balaban J connectivity index is 2.02. The minimum absolute atomic E-state index is 0.280. The van der Waals surface area contributed by atoms with E-state index in [1.54, 1.807) is 50.5 Å². The summed E-state index contributed by atoms with van der Waals surface area (Å²) >= 11 is 0. The number of hydrogen-bond donors (Lipinski definition) is 0. The lowest BCUT2D eigenvalue weighted by Gasteiger charge is -2.10. The van der Waals surface area contributed by atoms with Gasteiger partial charge in [-0.05, 0) is 35.4 Å². The van der Waals surface area contributed by atoms with E-state index in [0.29, 0.717) is 11.3 Å². The van der Waals surface area contributed by atoms with Crippen molar-refractivity contribution in [1.29, 1.82) is 0 Å². The van der Waals surface area contributed by atoms with Crippen molar-refractivity contribution in [3.8, 4) is 16.9 Å². The third-order valence-corrected chi connectivity index (χ3v) is 3.40. The van der Waals surface area contributed by atoms with Crippen LogP contribution >= 0.6 is 0 Å². The van der Waals surface area contributed by atoms with Crippen LogP contribution in [0, 0.1) is 0 Å². The maximum Gasteiger partial charge on any atom is 0.338 e. The van der Waals surface area contributed by atoms with Crippen molar-refractivity contribution in [3.63, 3.8) is 0 Å². The number of benzene rings is 2. The van der Waals surface area contributed by atoms with E-state index in [1.165, 1.54) is 11.8 Å². The van der Waals surface area contributed by atoms with Gasteiger partial charge in [0.2, 0.25) is 0 Å². The second-order valence-electron chi connectivity index (χ2n) is 5.56. The van der Waals surface area contributed by atoms with Gasteiger partial charge in [0.05, 0.1) is 5.56 Å². The van der Waals surface area contributed by atoms with Crippen LogP contribution in [0.4, 0.5) is 0 Å². The lowest BCUT2D eigenvalue weighted by Crippen LogP contribution is -2.27. The standard InChI is InChI=1S/C19H19NO5/c1-13(21)25-17-10-8-15(9-11-17)14-4-6-16(7-5-14)19(23)24-12-18(22)20(2)3/h4-11H,12H2,1-3H3. The second kappa shape index (κ2) is 8.10. The highest BCUT2D eigenvalue weighted by Gasteiger charge is 2.11. The number of nitrogens with zero attached hydrogens (tertiary/aromatic N) is 1. The fourth-order valence-corrected chi connectivity index (χ4v) is 2.02. The Morgan fingerprint density at radius 1 is 0.880 bits per heavy atom. The first-order valence-electron chi connectivity index (χ1n) is 7.63. The molecule has 0 spiro atoms. The summed E-state index contributed by atoms with van der Waals surface area (Å²) in [7, 11) is 3.19. The Bertz CT molecular complexity index is 763. The van der Waals surface area contributed by atoms with Crippen LogP contribution in [-0.2, 0) is 14.3 Å². The third-order valence-electron chi connectivity index (χ3n) is 3.40. The summed E-state index contributed by atoms with van der Waals surface area (Å²) in [4.78, 5) is 35.6. The Labute approximate surface area is 146 Å². The molecular formula is C19H19NO5. The highest BCUT2D eigenvalue weighted by molar-refractivity contribution is 5.91. The highest BCUT2D eigenvalue weighted by Crippen LogP contribution is 2.23. The summed E-state index contributed by atoms with van der Waals surface area (Å²) in [6, 6.07) is 13.9. The van der Waals surface area contributed by atoms with Gasteiger partial charge in [0.15, 0.2) is 6.61 Å². The van der Waals surface area contributed by atoms with Gasteiger partial charge in [-0.1, -0.05) is 24.3 Å². The van der Waals surface area contributed by atoms with Gasteiger partial charge in [-0.2, -0.15) is 0 Å². The predicted octanol–water partition coefficient (Wildman–Crippen LogP) is 2.52. The molecule has 0 aliphatic rings. The lowest BCUT2D eigenvalue weighted by atomic mass is 10.0. The molecule has 0 heterocycles.